The predicted octanol–water partition coefficient (Wildman–Crippen LogP) is 1.96. The molecule has 0 amide bonds. The lowest BCUT2D eigenvalue weighted by atomic mass is 10.4. The van der Waals surface area contributed by atoms with E-state index in [-0.39, 0.29) is 5.97 Å². The quantitative estimate of drug-likeness (QED) is 0.268. The van der Waals surface area contributed by atoms with Crippen molar-refractivity contribution in [3.63, 3.8) is 0 Å². The summed E-state index contributed by atoms with van der Waals surface area (Å²) in [5.41, 5.74) is 0. The Morgan fingerprint density at radius 2 is 2.21 bits per heavy atom. The molecule has 0 aliphatic carbocycles. The molecule has 0 unspecified atom stereocenters. The molecule has 0 spiro atoms. The average molecular weight is 214 g/mol. The van der Waals surface area contributed by atoms with Gasteiger partial charge in [-0.25, -0.2) is 4.79 Å². The molecule has 0 atom stereocenters. The molecule has 0 aliphatic rings. The van der Waals surface area contributed by atoms with Crippen LogP contribution >= 0.6 is 0 Å². The summed E-state index contributed by atoms with van der Waals surface area (Å²) >= 11 is 0. The SMILES string of the molecule is C=CC(=O)OCCCC[Si]OC(C)C. The fourth-order valence-electron chi connectivity index (χ4n) is 0.757. The van der Waals surface area contributed by atoms with E-state index in [2.05, 4.69) is 6.58 Å². The monoisotopic (exact) mass is 214 g/mol. The summed E-state index contributed by atoms with van der Waals surface area (Å²) < 4.78 is 10.2. The van der Waals surface area contributed by atoms with Gasteiger partial charge in [-0.2, -0.15) is 0 Å². The van der Waals surface area contributed by atoms with Gasteiger partial charge in [0, 0.05) is 12.2 Å². The second-order valence-corrected chi connectivity index (χ2v) is 4.16. The Morgan fingerprint density at radius 1 is 1.50 bits per heavy atom. The van der Waals surface area contributed by atoms with E-state index in [0.29, 0.717) is 22.5 Å². The first-order valence-corrected chi connectivity index (χ1v) is 5.96. The lowest BCUT2D eigenvalue weighted by Gasteiger charge is -2.05. The minimum absolute atomic E-state index is 0.312. The van der Waals surface area contributed by atoms with E-state index in [1.54, 1.807) is 0 Å². The predicted molar refractivity (Wildman–Crippen MR) is 57.2 cm³/mol. The van der Waals surface area contributed by atoms with Crippen molar-refractivity contribution in [2.75, 3.05) is 6.61 Å². The molecule has 0 saturated heterocycles. The number of esters is 1. The van der Waals surface area contributed by atoms with Crippen LogP contribution < -0.4 is 0 Å². The molecule has 0 bridgehead atoms. The van der Waals surface area contributed by atoms with E-state index in [1.807, 2.05) is 13.8 Å². The Hall–Kier alpha value is -0.613. The summed E-state index contributed by atoms with van der Waals surface area (Å²) in [6, 6.07) is 1.05. The third kappa shape index (κ3) is 9.47. The van der Waals surface area contributed by atoms with Gasteiger partial charge in [0.2, 0.25) is 9.76 Å². The fourth-order valence-corrected chi connectivity index (χ4v) is 1.60. The maximum absolute atomic E-state index is 10.6. The zero-order chi connectivity index (χ0) is 10.8. The van der Waals surface area contributed by atoms with Crippen LogP contribution in [0.2, 0.25) is 6.04 Å². The normalized spacial score (nSPS) is 10.2. The van der Waals surface area contributed by atoms with Gasteiger partial charge in [-0.1, -0.05) is 13.0 Å². The van der Waals surface area contributed by atoms with Crippen LogP contribution in [0.5, 0.6) is 0 Å². The minimum atomic E-state index is -0.342. The standard InChI is InChI=1S/C10H18O3Si/c1-4-10(11)12-7-5-6-8-14-13-9(2)3/h4,9H,1,5-8H2,2-3H3. The van der Waals surface area contributed by atoms with Crippen molar-refractivity contribution in [2.24, 2.45) is 0 Å². The highest BCUT2D eigenvalue weighted by Crippen LogP contribution is 1.98. The Morgan fingerprint density at radius 3 is 2.79 bits per heavy atom. The second kappa shape index (κ2) is 8.96. The molecule has 0 saturated carbocycles. The molecule has 0 aromatic heterocycles. The molecule has 0 aromatic rings. The molecule has 0 rings (SSSR count). The van der Waals surface area contributed by atoms with E-state index >= 15 is 0 Å². The number of ether oxygens (including phenoxy) is 1. The van der Waals surface area contributed by atoms with E-state index in [9.17, 15) is 4.79 Å². The zero-order valence-electron chi connectivity index (χ0n) is 8.91. The number of unbranched alkanes of at least 4 members (excludes halogenated alkanes) is 1. The van der Waals surface area contributed by atoms with Crippen LogP contribution in [0.3, 0.4) is 0 Å². The Kier molecular flexibility index (Phi) is 8.57. The summed E-state index contributed by atoms with van der Waals surface area (Å²) in [4.78, 5) is 10.6. The van der Waals surface area contributed by atoms with Crippen molar-refractivity contribution < 1.29 is 14.0 Å². The number of rotatable bonds is 8. The highest BCUT2D eigenvalue weighted by molar-refractivity contribution is 6.27. The van der Waals surface area contributed by atoms with Crippen molar-refractivity contribution in [3.8, 4) is 0 Å². The average Bonchev–Trinajstić information content (AvgIpc) is 2.15. The lowest BCUT2D eigenvalue weighted by molar-refractivity contribution is -0.137. The van der Waals surface area contributed by atoms with Crippen LogP contribution in [0.4, 0.5) is 0 Å². The molecule has 0 fully saturated rings. The summed E-state index contributed by atoms with van der Waals surface area (Å²) in [7, 11) is 0.558. The molecule has 0 aliphatic heterocycles. The van der Waals surface area contributed by atoms with Crippen LogP contribution in [0.1, 0.15) is 26.7 Å². The molecule has 3 nitrogen and oxygen atoms in total. The molecule has 2 radical (unpaired) electrons. The molecule has 0 N–H and O–H groups in total. The Bertz CT molecular complexity index is 169. The van der Waals surface area contributed by atoms with Gasteiger partial charge in [-0.15, -0.1) is 0 Å². The lowest BCUT2D eigenvalue weighted by Crippen LogP contribution is -2.07. The molecule has 0 heterocycles. The van der Waals surface area contributed by atoms with Gasteiger partial charge in [0.25, 0.3) is 0 Å². The van der Waals surface area contributed by atoms with Crippen molar-refractivity contribution in [1.82, 2.24) is 0 Å². The topological polar surface area (TPSA) is 35.5 Å². The maximum atomic E-state index is 10.6. The molecular weight excluding hydrogens is 196 g/mol. The number of hydrogen-bond acceptors (Lipinski definition) is 3. The summed E-state index contributed by atoms with van der Waals surface area (Å²) in [6.45, 7) is 7.85. The van der Waals surface area contributed by atoms with Crippen molar-refractivity contribution in [1.29, 1.82) is 0 Å². The van der Waals surface area contributed by atoms with Crippen LogP contribution in [0, 0.1) is 0 Å². The Balaban J connectivity index is 3.06. The molecular formula is C10H18O3Si. The van der Waals surface area contributed by atoms with E-state index in [4.69, 9.17) is 9.16 Å². The van der Waals surface area contributed by atoms with Gasteiger partial charge in [0.1, 0.15) is 0 Å². The first-order chi connectivity index (χ1) is 6.66. The first kappa shape index (κ1) is 13.4. The highest BCUT2D eigenvalue weighted by atomic mass is 28.2. The van der Waals surface area contributed by atoms with Crippen molar-refractivity contribution in [3.05, 3.63) is 12.7 Å². The number of carbonyl (C=O) groups is 1. The largest absolute Gasteiger partial charge is 0.463 e. The molecule has 80 valence electrons. The third-order valence-electron chi connectivity index (χ3n) is 1.40. The van der Waals surface area contributed by atoms with E-state index in [1.165, 1.54) is 6.08 Å². The summed E-state index contributed by atoms with van der Waals surface area (Å²) in [6.07, 6.45) is 3.43. The number of carbonyl (C=O) groups excluding carboxylic acids is 1. The maximum Gasteiger partial charge on any atom is 0.330 e. The van der Waals surface area contributed by atoms with Gasteiger partial charge in [0.05, 0.1) is 6.61 Å². The van der Waals surface area contributed by atoms with Gasteiger partial charge in [-0.3, -0.25) is 0 Å². The van der Waals surface area contributed by atoms with Gasteiger partial charge in [-0.05, 0) is 26.3 Å². The van der Waals surface area contributed by atoms with E-state index in [0.717, 1.165) is 18.9 Å². The van der Waals surface area contributed by atoms with Gasteiger partial charge < -0.3 is 9.16 Å². The molecule has 4 heteroatoms. The smallest absolute Gasteiger partial charge is 0.330 e. The van der Waals surface area contributed by atoms with Crippen LogP contribution in [0.15, 0.2) is 12.7 Å². The molecule has 0 aromatic carbocycles. The highest BCUT2D eigenvalue weighted by Gasteiger charge is 1.97. The van der Waals surface area contributed by atoms with Gasteiger partial charge in [0.15, 0.2) is 0 Å². The third-order valence-corrected chi connectivity index (χ3v) is 2.60. The number of hydrogen-bond donors (Lipinski definition) is 0. The minimum Gasteiger partial charge on any atom is -0.463 e. The van der Waals surface area contributed by atoms with Crippen LogP contribution in [-0.2, 0) is 14.0 Å². The molecule has 14 heavy (non-hydrogen) atoms. The summed E-state index contributed by atoms with van der Waals surface area (Å²) in [5.74, 6) is -0.342. The van der Waals surface area contributed by atoms with E-state index < -0.39 is 0 Å². The first-order valence-electron chi connectivity index (χ1n) is 4.84. The zero-order valence-corrected chi connectivity index (χ0v) is 9.91. The van der Waals surface area contributed by atoms with Crippen molar-refractivity contribution >= 4 is 15.7 Å². The summed E-state index contributed by atoms with van der Waals surface area (Å²) in [5, 5.41) is 0. The van der Waals surface area contributed by atoms with Crippen LogP contribution in [0.25, 0.3) is 0 Å². The Labute approximate surface area is 88.4 Å². The van der Waals surface area contributed by atoms with Crippen molar-refractivity contribution in [2.45, 2.75) is 38.8 Å². The van der Waals surface area contributed by atoms with Crippen LogP contribution in [-0.4, -0.2) is 28.4 Å². The van der Waals surface area contributed by atoms with Gasteiger partial charge >= 0.3 is 5.97 Å². The second-order valence-electron chi connectivity index (χ2n) is 3.14. The fraction of sp³-hybridized carbons (Fsp3) is 0.700.